The van der Waals surface area contributed by atoms with Crippen LogP contribution in [0.25, 0.3) is 0 Å². The Balaban J connectivity index is 1.42. The molecule has 3 N–H and O–H groups in total. The zero-order valence-corrected chi connectivity index (χ0v) is 16.2. The Morgan fingerprint density at radius 2 is 1.68 bits per heavy atom. The molecule has 150 valence electrons. The third-order valence-corrected chi connectivity index (χ3v) is 4.71. The summed E-state index contributed by atoms with van der Waals surface area (Å²) in [6, 6.07) is 14.7. The van der Waals surface area contributed by atoms with Gasteiger partial charge >= 0.3 is 6.61 Å². The zero-order chi connectivity index (χ0) is 19.8. The van der Waals surface area contributed by atoms with Crippen molar-refractivity contribution in [3.05, 3.63) is 59.7 Å². The zero-order valence-electron chi connectivity index (χ0n) is 15.4. The van der Waals surface area contributed by atoms with Crippen molar-refractivity contribution >= 4 is 23.0 Å². The number of hydrogen-bond donors (Lipinski definition) is 3. The van der Waals surface area contributed by atoms with Crippen LogP contribution in [-0.2, 0) is 17.8 Å². The third kappa shape index (κ3) is 6.70. The van der Waals surface area contributed by atoms with E-state index in [1.54, 1.807) is 17.0 Å². The van der Waals surface area contributed by atoms with Gasteiger partial charge < -0.3 is 25.0 Å². The minimum Gasteiger partial charge on any atom is -0.435 e. The van der Waals surface area contributed by atoms with E-state index < -0.39 is 6.61 Å². The number of anilines is 1. The van der Waals surface area contributed by atoms with Gasteiger partial charge in [-0.1, -0.05) is 24.3 Å². The number of benzene rings is 2. The maximum Gasteiger partial charge on any atom is 0.387 e. The van der Waals surface area contributed by atoms with Gasteiger partial charge in [-0.05, 0) is 42.0 Å². The lowest BCUT2D eigenvalue weighted by molar-refractivity contribution is -0.921. The third-order valence-electron chi connectivity index (χ3n) is 4.47. The quantitative estimate of drug-likeness (QED) is 0.613. The summed E-state index contributed by atoms with van der Waals surface area (Å²) in [6.07, 6.45) is 0. The summed E-state index contributed by atoms with van der Waals surface area (Å²) in [4.78, 5) is 1.55. The lowest BCUT2D eigenvalue weighted by Crippen LogP contribution is -3.12. The normalized spacial score (nSPS) is 14.7. The van der Waals surface area contributed by atoms with Crippen LogP contribution in [0.1, 0.15) is 11.1 Å². The molecule has 0 spiro atoms. The maximum absolute atomic E-state index is 12.2. The Morgan fingerprint density at radius 3 is 2.32 bits per heavy atom. The summed E-state index contributed by atoms with van der Waals surface area (Å²) in [7, 11) is 0. The fraction of sp³-hybridized carbons (Fsp3) is 0.350. The van der Waals surface area contributed by atoms with Gasteiger partial charge in [-0.15, -0.1) is 0 Å². The number of alkyl halides is 2. The number of nitrogens with one attached hydrogen (secondary N) is 3. The van der Waals surface area contributed by atoms with Gasteiger partial charge in [0.2, 0.25) is 0 Å². The molecule has 5 nitrogen and oxygen atoms in total. The fourth-order valence-electron chi connectivity index (χ4n) is 2.98. The Morgan fingerprint density at radius 1 is 1.04 bits per heavy atom. The van der Waals surface area contributed by atoms with Crippen molar-refractivity contribution in [3.63, 3.8) is 0 Å². The molecule has 1 aliphatic heterocycles. The predicted molar refractivity (Wildman–Crippen MR) is 108 cm³/mol. The van der Waals surface area contributed by atoms with Crippen molar-refractivity contribution < 1.29 is 23.2 Å². The van der Waals surface area contributed by atoms with Crippen LogP contribution in [0.15, 0.2) is 48.5 Å². The molecule has 2 aromatic rings. The highest BCUT2D eigenvalue weighted by Gasteiger charge is 2.13. The molecule has 0 amide bonds. The first-order valence-electron chi connectivity index (χ1n) is 9.17. The average Bonchev–Trinajstić information content (AvgIpc) is 2.69. The van der Waals surface area contributed by atoms with Crippen molar-refractivity contribution in [2.75, 3.05) is 31.6 Å². The molecule has 8 heteroatoms. The second-order valence-corrected chi connectivity index (χ2v) is 6.97. The first-order chi connectivity index (χ1) is 13.6. The van der Waals surface area contributed by atoms with E-state index in [2.05, 4.69) is 39.6 Å². The van der Waals surface area contributed by atoms with Crippen LogP contribution >= 0.6 is 12.2 Å². The highest BCUT2D eigenvalue weighted by Crippen LogP contribution is 2.17. The number of quaternary nitrogens is 1. The molecule has 1 saturated heterocycles. The van der Waals surface area contributed by atoms with Crippen molar-refractivity contribution in [3.8, 4) is 5.75 Å². The molecule has 28 heavy (non-hydrogen) atoms. The van der Waals surface area contributed by atoms with Crippen LogP contribution in [0.5, 0.6) is 5.75 Å². The summed E-state index contributed by atoms with van der Waals surface area (Å²) in [5.74, 6) is 0.110. The van der Waals surface area contributed by atoms with Gasteiger partial charge in [-0.25, -0.2) is 0 Å². The highest BCUT2D eigenvalue weighted by atomic mass is 32.1. The van der Waals surface area contributed by atoms with E-state index in [4.69, 9.17) is 17.0 Å². The molecule has 0 aromatic heterocycles. The summed E-state index contributed by atoms with van der Waals surface area (Å²) in [6.45, 7) is 2.57. The van der Waals surface area contributed by atoms with E-state index in [1.165, 1.54) is 17.7 Å². The van der Waals surface area contributed by atoms with E-state index in [1.807, 2.05) is 0 Å². The molecule has 1 aliphatic rings. The van der Waals surface area contributed by atoms with Gasteiger partial charge in [-0.3, -0.25) is 0 Å². The van der Waals surface area contributed by atoms with E-state index >= 15 is 0 Å². The van der Waals surface area contributed by atoms with E-state index in [0.29, 0.717) is 17.3 Å². The highest BCUT2D eigenvalue weighted by molar-refractivity contribution is 7.80. The molecule has 0 atom stereocenters. The smallest absolute Gasteiger partial charge is 0.387 e. The standard InChI is InChI=1S/C20H23F2N3O2S/c21-19(22)27-18-7-5-17(6-8-18)24-20(28)23-13-15-1-3-16(4-2-15)14-25-9-11-26-12-10-25/h1-8,19H,9-14H2,(H2,23,24,28)/p+1. The molecule has 0 saturated carbocycles. The summed E-state index contributed by atoms with van der Waals surface area (Å²) >= 11 is 5.28. The van der Waals surface area contributed by atoms with Crippen LogP contribution in [-0.4, -0.2) is 38.0 Å². The minimum atomic E-state index is -2.83. The number of ether oxygens (including phenoxy) is 2. The number of rotatable bonds is 7. The number of halogens is 2. The largest absolute Gasteiger partial charge is 0.435 e. The number of thiocarbonyl (C=S) groups is 1. The SMILES string of the molecule is FC(F)Oc1ccc(NC(=S)NCc2ccc(C[NH+]3CCOCC3)cc2)cc1. The number of morpholine rings is 1. The summed E-state index contributed by atoms with van der Waals surface area (Å²) in [5, 5.41) is 6.63. The maximum atomic E-state index is 12.2. The van der Waals surface area contributed by atoms with Crippen LogP contribution in [0.4, 0.5) is 14.5 Å². The van der Waals surface area contributed by atoms with Gasteiger partial charge in [0.1, 0.15) is 25.4 Å². The van der Waals surface area contributed by atoms with Gasteiger partial charge in [-0.2, -0.15) is 8.78 Å². The monoisotopic (exact) mass is 408 g/mol. The van der Waals surface area contributed by atoms with Gasteiger partial charge in [0, 0.05) is 17.8 Å². The van der Waals surface area contributed by atoms with Crippen LogP contribution in [0.3, 0.4) is 0 Å². The molecule has 1 fully saturated rings. The Kier molecular flexibility index (Phi) is 7.53. The van der Waals surface area contributed by atoms with Crippen LogP contribution in [0, 0.1) is 0 Å². The lowest BCUT2D eigenvalue weighted by Gasteiger charge is -2.23. The van der Waals surface area contributed by atoms with Crippen molar-refractivity contribution in [1.29, 1.82) is 0 Å². The average molecular weight is 408 g/mol. The summed E-state index contributed by atoms with van der Waals surface area (Å²) in [5.41, 5.74) is 3.14. The molecule has 0 aliphatic carbocycles. The van der Waals surface area contributed by atoms with Crippen LogP contribution < -0.4 is 20.3 Å². The lowest BCUT2D eigenvalue weighted by atomic mass is 10.1. The van der Waals surface area contributed by atoms with Gasteiger partial charge in [0.15, 0.2) is 5.11 Å². The first kappa shape index (κ1) is 20.4. The molecular weight excluding hydrogens is 384 g/mol. The second-order valence-electron chi connectivity index (χ2n) is 6.57. The van der Waals surface area contributed by atoms with Crippen molar-refractivity contribution in [2.24, 2.45) is 0 Å². The Bertz CT molecular complexity index is 751. The molecule has 3 rings (SSSR count). The van der Waals surface area contributed by atoms with Gasteiger partial charge in [0.25, 0.3) is 0 Å². The molecule has 0 unspecified atom stereocenters. The van der Waals surface area contributed by atoms with Crippen molar-refractivity contribution in [1.82, 2.24) is 5.32 Å². The van der Waals surface area contributed by atoms with E-state index in [9.17, 15) is 8.78 Å². The fourth-order valence-corrected chi connectivity index (χ4v) is 3.17. The second kappa shape index (κ2) is 10.3. The van der Waals surface area contributed by atoms with Crippen LogP contribution in [0.2, 0.25) is 0 Å². The molecule has 2 aromatic carbocycles. The predicted octanol–water partition coefficient (Wildman–Crippen LogP) is 2.19. The van der Waals surface area contributed by atoms with E-state index in [0.717, 1.165) is 38.4 Å². The Hall–Kier alpha value is -2.29. The first-order valence-corrected chi connectivity index (χ1v) is 9.58. The van der Waals surface area contributed by atoms with Gasteiger partial charge in [0.05, 0.1) is 13.2 Å². The molecule has 1 heterocycles. The molecular formula is C20H24F2N3O2S+. The van der Waals surface area contributed by atoms with Crippen molar-refractivity contribution in [2.45, 2.75) is 19.7 Å². The number of hydrogen-bond acceptors (Lipinski definition) is 3. The molecule has 0 radical (unpaired) electrons. The molecule has 0 bridgehead atoms. The Labute approximate surface area is 168 Å². The topological polar surface area (TPSA) is 47.0 Å². The minimum absolute atomic E-state index is 0.110. The van der Waals surface area contributed by atoms with E-state index in [-0.39, 0.29) is 5.75 Å². The summed E-state index contributed by atoms with van der Waals surface area (Å²) < 4.78 is 34.0.